The van der Waals surface area contributed by atoms with E-state index < -0.39 is 27.4 Å². The Kier molecular flexibility index (Phi) is 7.53. The minimum atomic E-state index is -3.86. The van der Waals surface area contributed by atoms with Crippen LogP contribution in [0.5, 0.6) is 11.5 Å². The Morgan fingerprint density at radius 1 is 1.19 bits per heavy atom. The molecule has 0 aromatic heterocycles. The molecule has 1 N–H and O–H groups in total. The van der Waals surface area contributed by atoms with E-state index in [9.17, 15) is 23.3 Å². The zero-order valence-electron chi connectivity index (χ0n) is 17.4. The number of hydrogen-bond acceptors (Lipinski definition) is 8. The van der Waals surface area contributed by atoms with Crippen LogP contribution < -0.4 is 19.2 Å². The molecule has 0 bridgehead atoms. The molecule has 2 rings (SSSR count). The molecule has 12 heteroatoms. The Hall–Kier alpha value is -3.67. The van der Waals surface area contributed by atoms with E-state index in [2.05, 4.69) is 10.5 Å². The van der Waals surface area contributed by atoms with Crippen molar-refractivity contribution in [3.63, 3.8) is 0 Å². The molecule has 0 fully saturated rings. The second kappa shape index (κ2) is 9.89. The van der Waals surface area contributed by atoms with Gasteiger partial charge in [0.25, 0.3) is 11.6 Å². The molecule has 0 aliphatic carbocycles. The smallest absolute Gasteiger partial charge is 0.270 e. The zero-order valence-corrected chi connectivity index (χ0v) is 18.2. The number of nitrogens with one attached hydrogen (secondary N) is 1. The number of sulfonamides is 1. The van der Waals surface area contributed by atoms with Crippen LogP contribution in [0, 0.1) is 10.1 Å². The lowest BCUT2D eigenvalue weighted by molar-refractivity contribution is -0.384. The number of methoxy groups -OCH3 is 2. The predicted octanol–water partition coefficient (Wildman–Crippen LogP) is 1.92. The number of hydrazone groups is 1. The fraction of sp³-hybridized carbons (Fsp3) is 0.263. The summed E-state index contributed by atoms with van der Waals surface area (Å²) in [7, 11) is -1.06. The number of nitrogens with zero attached hydrogens (tertiary/aromatic N) is 3. The van der Waals surface area contributed by atoms with Crippen LogP contribution in [0.1, 0.15) is 12.5 Å². The minimum Gasteiger partial charge on any atom is -0.497 e. The van der Waals surface area contributed by atoms with E-state index in [-0.39, 0.29) is 17.1 Å². The standard InChI is InChI=1S/C19H22N4O7S/c1-13(14-6-5-7-15(10-14)23(25)26)20-21-19(24)12-22(31(4,27)28)17-11-16(29-2)8-9-18(17)30-3/h5-11H,12H2,1-4H3,(H,21,24)/b20-13-. The van der Waals surface area contributed by atoms with Gasteiger partial charge in [-0.25, -0.2) is 13.8 Å². The summed E-state index contributed by atoms with van der Waals surface area (Å²) in [6, 6.07) is 10.3. The highest BCUT2D eigenvalue weighted by molar-refractivity contribution is 7.92. The van der Waals surface area contributed by atoms with Crippen LogP contribution in [-0.2, 0) is 14.8 Å². The van der Waals surface area contributed by atoms with Gasteiger partial charge in [0.2, 0.25) is 10.0 Å². The van der Waals surface area contributed by atoms with Crippen molar-refractivity contribution in [1.82, 2.24) is 5.43 Å². The maximum absolute atomic E-state index is 12.4. The van der Waals surface area contributed by atoms with Gasteiger partial charge in [-0.05, 0) is 19.1 Å². The van der Waals surface area contributed by atoms with E-state index in [1.807, 2.05) is 0 Å². The number of amides is 1. The Morgan fingerprint density at radius 2 is 1.90 bits per heavy atom. The third-order valence-electron chi connectivity index (χ3n) is 4.17. The molecule has 0 atom stereocenters. The number of nitro groups is 1. The summed E-state index contributed by atoms with van der Waals surface area (Å²) in [5.74, 6) is -0.111. The summed E-state index contributed by atoms with van der Waals surface area (Å²) >= 11 is 0. The number of benzene rings is 2. The molecular formula is C19H22N4O7S. The molecule has 0 unspecified atom stereocenters. The van der Waals surface area contributed by atoms with Gasteiger partial charge in [0, 0.05) is 23.8 Å². The van der Waals surface area contributed by atoms with Crippen molar-refractivity contribution < 1.29 is 27.6 Å². The highest BCUT2D eigenvalue weighted by Crippen LogP contribution is 2.33. The quantitative estimate of drug-likeness (QED) is 0.349. The van der Waals surface area contributed by atoms with Gasteiger partial charge in [0.05, 0.1) is 36.8 Å². The maximum atomic E-state index is 12.4. The SMILES string of the molecule is COc1ccc(OC)c(N(CC(=O)N/N=C(/C)c2cccc([N+](=O)[O-])c2)S(C)(=O)=O)c1. The molecular weight excluding hydrogens is 428 g/mol. The van der Waals surface area contributed by atoms with Crippen LogP contribution in [0.2, 0.25) is 0 Å². The van der Waals surface area contributed by atoms with Gasteiger partial charge in [0.1, 0.15) is 18.0 Å². The number of non-ortho nitro benzene ring substituents is 1. The van der Waals surface area contributed by atoms with Gasteiger partial charge in [0.15, 0.2) is 0 Å². The molecule has 0 aliphatic rings. The van der Waals surface area contributed by atoms with Crippen molar-refractivity contribution in [1.29, 1.82) is 0 Å². The summed E-state index contributed by atoms with van der Waals surface area (Å²) in [6.07, 6.45) is 0.955. The molecule has 0 saturated heterocycles. The second-order valence-corrected chi connectivity index (χ2v) is 8.25. The van der Waals surface area contributed by atoms with Gasteiger partial charge in [-0.1, -0.05) is 12.1 Å². The molecule has 1 amide bonds. The summed E-state index contributed by atoms with van der Waals surface area (Å²) in [5.41, 5.74) is 3.02. The van der Waals surface area contributed by atoms with Crippen molar-refractivity contribution in [3.05, 3.63) is 58.1 Å². The Morgan fingerprint density at radius 3 is 2.48 bits per heavy atom. The Balaban J connectivity index is 2.26. The lowest BCUT2D eigenvalue weighted by atomic mass is 10.1. The summed E-state index contributed by atoms with van der Waals surface area (Å²) in [6.45, 7) is 0.979. The Bertz CT molecular complexity index is 1120. The minimum absolute atomic E-state index is 0.119. The van der Waals surface area contributed by atoms with Crippen molar-refractivity contribution >= 4 is 33.0 Å². The highest BCUT2D eigenvalue weighted by Gasteiger charge is 2.24. The fourth-order valence-electron chi connectivity index (χ4n) is 2.59. The van der Waals surface area contributed by atoms with Crippen LogP contribution in [0.15, 0.2) is 47.6 Å². The first-order valence-corrected chi connectivity index (χ1v) is 10.7. The van der Waals surface area contributed by atoms with Gasteiger partial charge in [-0.15, -0.1) is 0 Å². The first-order valence-electron chi connectivity index (χ1n) is 8.84. The first kappa shape index (κ1) is 23.6. The molecule has 0 radical (unpaired) electrons. The van der Waals surface area contributed by atoms with Crippen LogP contribution in [0.4, 0.5) is 11.4 Å². The monoisotopic (exact) mass is 450 g/mol. The third-order valence-corrected chi connectivity index (χ3v) is 5.29. The lowest BCUT2D eigenvalue weighted by Gasteiger charge is -2.23. The van der Waals surface area contributed by atoms with E-state index in [1.54, 1.807) is 19.1 Å². The molecule has 2 aromatic rings. The Labute approximate surface area is 179 Å². The molecule has 2 aromatic carbocycles. The van der Waals surface area contributed by atoms with Crippen LogP contribution >= 0.6 is 0 Å². The number of nitro benzene ring substituents is 1. The third kappa shape index (κ3) is 6.15. The van der Waals surface area contributed by atoms with Gasteiger partial charge < -0.3 is 9.47 Å². The van der Waals surface area contributed by atoms with Crippen LogP contribution in [-0.4, -0.2) is 52.0 Å². The number of carbonyl (C=O) groups excluding carboxylic acids is 1. The molecule has 0 heterocycles. The van der Waals surface area contributed by atoms with Crippen LogP contribution in [0.3, 0.4) is 0 Å². The van der Waals surface area contributed by atoms with Gasteiger partial charge in [-0.3, -0.25) is 19.2 Å². The molecule has 166 valence electrons. The summed E-state index contributed by atoms with van der Waals surface area (Å²) in [5, 5.41) is 14.8. The average molecular weight is 450 g/mol. The number of carbonyl (C=O) groups is 1. The van der Waals surface area contributed by atoms with Crippen molar-refractivity contribution in [2.75, 3.05) is 31.3 Å². The van der Waals surface area contributed by atoms with E-state index in [4.69, 9.17) is 9.47 Å². The highest BCUT2D eigenvalue weighted by atomic mass is 32.2. The summed E-state index contributed by atoms with van der Waals surface area (Å²) in [4.78, 5) is 22.8. The number of rotatable bonds is 9. The normalized spacial score (nSPS) is 11.5. The topological polar surface area (TPSA) is 140 Å². The number of anilines is 1. The van der Waals surface area contributed by atoms with E-state index in [0.717, 1.165) is 10.6 Å². The maximum Gasteiger partial charge on any atom is 0.270 e. The molecule has 0 spiro atoms. The summed E-state index contributed by atoms with van der Waals surface area (Å²) < 4.78 is 35.9. The molecule has 31 heavy (non-hydrogen) atoms. The molecule has 0 saturated carbocycles. The molecule has 11 nitrogen and oxygen atoms in total. The second-order valence-electron chi connectivity index (χ2n) is 6.35. The van der Waals surface area contributed by atoms with Crippen molar-refractivity contribution in [2.45, 2.75) is 6.92 Å². The predicted molar refractivity (Wildman–Crippen MR) is 115 cm³/mol. The van der Waals surface area contributed by atoms with E-state index in [1.165, 1.54) is 44.6 Å². The largest absolute Gasteiger partial charge is 0.497 e. The lowest BCUT2D eigenvalue weighted by Crippen LogP contribution is -2.39. The fourth-order valence-corrected chi connectivity index (χ4v) is 3.45. The zero-order chi connectivity index (χ0) is 23.2. The van der Waals surface area contributed by atoms with E-state index in [0.29, 0.717) is 17.0 Å². The van der Waals surface area contributed by atoms with E-state index >= 15 is 0 Å². The van der Waals surface area contributed by atoms with Crippen LogP contribution in [0.25, 0.3) is 0 Å². The molecule has 0 aliphatic heterocycles. The first-order chi connectivity index (χ1) is 14.6. The van der Waals surface area contributed by atoms with Gasteiger partial charge >= 0.3 is 0 Å². The van der Waals surface area contributed by atoms with Crippen molar-refractivity contribution in [2.24, 2.45) is 5.10 Å². The number of ether oxygens (including phenoxy) is 2. The van der Waals surface area contributed by atoms with Gasteiger partial charge in [-0.2, -0.15) is 5.10 Å². The van der Waals surface area contributed by atoms with Crippen molar-refractivity contribution in [3.8, 4) is 11.5 Å². The average Bonchev–Trinajstić information content (AvgIpc) is 2.74. The number of hydrogen-bond donors (Lipinski definition) is 1.